The normalized spacial score (nSPS) is 15.5. The van der Waals surface area contributed by atoms with Gasteiger partial charge in [0, 0.05) is 17.2 Å². The van der Waals surface area contributed by atoms with Crippen LogP contribution in [0.2, 0.25) is 0 Å². The van der Waals surface area contributed by atoms with E-state index in [0.717, 1.165) is 11.1 Å². The van der Waals surface area contributed by atoms with E-state index in [0.29, 0.717) is 18.5 Å². The number of hydrogen-bond donors (Lipinski definition) is 1. The monoisotopic (exact) mass is 259 g/mol. The summed E-state index contributed by atoms with van der Waals surface area (Å²) in [7, 11) is 0. The van der Waals surface area contributed by atoms with Crippen molar-refractivity contribution in [3.05, 3.63) is 54.1 Å². The fourth-order valence-corrected chi connectivity index (χ4v) is 2.28. The summed E-state index contributed by atoms with van der Waals surface area (Å²) in [6, 6.07) is 13.9. The Morgan fingerprint density at radius 3 is 2.21 bits per heavy atom. The molecule has 2 N–H and O–H groups in total. The van der Waals surface area contributed by atoms with Gasteiger partial charge in [-0.25, -0.2) is 8.78 Å². The number of hydrogen-bond acceptors (Lipinski definition) is 1. The number of anilines is 1. The van der Waals surface area contributed by atoms with E-state index in [4.69, 9.17) is 5.73 Å². The highest BCUT2D eigenvalue weighted by molar-refractivity contribution is 5.67. The van der Waals surface area contributed by atoms with Crippen LogP contribution in [-0.2, 0) is 5.92 Å². The quantitative estimate of drug-likeness (QED) is 0.810. The van der Waals surface area contributed by atoms with Crippen LogP contribution < -0.4 is 5.73 Å². The maximum Gasteiger partial charge on any atom is 0.276 e. The first-order valence-corrected chi connectivity index (χ1v) is 6.41. The standard InChI is InChI=1S/C16H15F2N/c17-16(18,14-8-9-14)13-6-4-11(5-7-13)12-2-1-3-15(19)10-12/h1-7,10,14H,8-9,19H2. The molecule has 98 valence electrons. The predicted molar refractivity (Wildman–Crippen MR) is 72.9 cm³/mol. The van der Waals surface area contributed by atoms with E-state index in [1.807, 2.05) is 18.2 Å². The molecule has 0 aromatic heterocycles. The Morgan fingerprint density at radius 1 is 0.947 bits per heavy atom. The van der Waals surface area contributed by atoms with Crippen molar-refractivity contribution >= 4 is 5.69 Å². The molecule has 1 aliphatic carbocycles. The molecule has 1 fully saturated rings. The van der Waals surface area contributed by atoms with Crippen LogP contribution in [0.3, 0.4) is 0 Å². The van der Waals surface area contributed by atoms with Crippen molar-refractivity contribution in [1.29, 1.82) is 0 Å². The molecule has 0 unspecified atom stereocenters. The van der Waals surface area contributed by atoms with E-state index in [9.17, 15) is 8.78 Å². The summed E-state index contributed by atoms with van der Waals surface area (Å²) < 4.78 is 27.8. The maximum atomic E-state index is 13.9. The molecule has 1 nitrogen and oxygen atoms in total. The molecule has 2 aromatic rings. The third-order valence-electron chi connectivity index (χ3n) is 3.58. The van der Waals surface area contributed by atoms with Crippen molar-refractivity contribution in [2.24, 2.45) is 5.92 Å². The Balaban J connectivity index is 1.90. The van der Waals surface area contributed by atoms with Crippen LogP contribution in [0.1, 0.15) is 18.4 Å². The molecular formula is C16H15F2N. The molecule has 0 bridgehead atoms. The van der Waals surface area contributed by atoms with Gasteiger partial charge in [0.2, 0.25) is 0 Å². The van der Waals surface area contributed by atoms with Gasteiger partial charge in [-0.1, -0.05) is 36.4 Å². The van der Waals surface area contributed by atoms with E-state index < -0.39 is 11.8 Å². The van der Waals surface area contributed by atoms with Gasteiger partial charge >= 0.3 is 0 Å². The molecule has 0 aliphatic heterocycles. The van der Waals surface area contributed by atoms with Crippen LogP contribution in [0, 0.1) is 5.92 Å². The molecule has 3 rings (SSSR count). The fraction of sp³-hybridized carbons (Fsp3) is 0.250. The summed E-state index contributed by atoms with van der Waals surface area (Å²) >= 11 is 0. The van der Waals surface area contributed by atoms with E-state index in [2.05, 4.69) is 0 Å². The minimum Gasteiger partial charge on any atom is -0.399 e. The highest BCUT2D eigenvalue weighted by Gasteiger charge is 2.47. The summed E-state index contributed by atoms with van der Waals surface area (Å²) in [5.41, 5.74) is 8.36. The first-order valence-electron chi connectivity index (χ1n) is 6.41. The van der Waals surface area contributed by atoms with Gasteiger partial charge in [-0.05, 0) is 36.1 Å². The van der Waals surface area contributed by atoms with Gasteiger partial charge in [-0.3, -0.25) is 0 Å². The summed E-state index contributed by atoms with van der Waals surface area (Å²) in [5, 5.41) is 0. The predicted octanol–water partition coefficient (Wildman–Crippen LogP) is 4.44. The van der Waals surface area contributed by atoms with Crippen molar-refractivity contribution in [3.8, 4) is 11.1 Å². The second-order valence-electron chi connectivity index (χ2n) is 5.10. The maximum absolute atomic E-state index is 13.9. The molecule has 0 spiro atoms. The van der Waals surface area contributed by atoms with Gasteiger partial charge in [-0.15, -0.1) is 0 Å². The van der Waals surface area contributed by atoms with Gasteiger partial charge in [0.1, 0.15) is 0 Å². The molecule has 0 amide bonds. The SMILES string of the molecule is Nc1cccc(-c2ccc(C(F)(F)C3CC3)cc2)c1. The number of rotatable bonds is 3. The second kappa shape index (κ2) is 4.34. The molecule has 0 radical (unpaired) electrons. The molecule has 0 heterocycles. The minimum atomic E-state index is -2.69. The summed E-state index contributed by atoms with van der Waals surface area (Å²) in [6.45, 7) is 0. The van der Waals surface area contributed by atoms with Gasteiger partial charge in [-0.2, -0.15) is 0 Å². The lowest BCUT2D eigenvalue weighted by atomic mass is 9.99. The van der Waals surface area contributed by atoms with E-state index >= 15 is 0 Å². The number of nitrogen functional groups attached to an aromatic ring is 1. The summed E-state index contributed by atoms with van der Waals surface area (Å²) in [5.74, 6) is -3.15. The molecule has 19 heavy (non-hydrogen) atoms. The average Bonchev–Trinajstić information content (AvgIpc) is 3.23. The number of nitrogens with two attached hydrogens (primary N) is 1. The lowest BCUT2D eigenvalue weighted by Crippen LogP contribution is -2.15. The first-order chi connectivity index (χ1) is 9.07. The van der Waals surface area contributed by atoms with Crippen molar-refractivity contribution in [2.75, 3.05) is 5.73 Å². The van der Waals surface area contributed by atoms with Crippen LogP contribution in [-0.4, -0.2) is 0 Å². The molecule has 0 saturated heterocycles. The second-order valence-corrected chi connectivity index (χ2v) is 5.10. The number of benzene rings is 2. The molecule has 2 aromatic carbocycles. The van der Waals surface area contributed by atoms with Crippen LogP contribution >= 0.6 is 0 Å². The van der Waals surface area contributed by atoms with Gasteiger partial charge in [0.05, 0.1) is 0 Å². The molecule has 0 atom stereocenters. The Hall–Kier alpha value is -1.90. The summed E-state index contributed by atoms with van der Waals surface area (Å²) in [6.07, 6.45) is 1.26. The van der Waals surface area contributed by atoms with E-state index in [1.54, 1.807) is 18.2 Å². The van der Waals surface area contributed by atoms with Gasteiger partial charge in [0.25, 0.3) is 5.92 Å². The number of halogens is 2. The van der Waals surface area contributed by atoms with Crippen molar-refractivity contribution < 1.29 is 8.78 Å². The van der Waals surface area contributed by atoms with Gasteiger partial charge < -0.3 is 5.73 Å². The minimum absolute atomic E-state index is 0.114. The largest absolute Gasteiger partial charge is 0.399 e. The highest BCUT2D eigenvalue weighted by Crippen LogP contribution is 2.49. The summed E-state index contributed by atoms with van der Waals surface area (Å²) in [4.78, 5) is 0. The lowest BCUT2D eigenvalue weighted by molar-refractivity contribution is -0.0285. The Labute approximate surface area is 111 Å². The zero-order valence-electron chi connectivity index (χ0n) is 10.4. The lowest BCUT2D eigenvalue weighted by Gasteiger charge is -2.16. The first kappa shape index (κ1) is 12.2. The molecule has 1 saturated carbocycles. The Kier molecular flexibility index (Phi) is 2.77. The van der Waals surface area contributed by atoms with Crippen LogP contribution in [0.4, 0.5) is 14.5 Å². The average molecular weight is 259 g/mol. The van der Waals surface area contributed by atoms with Crippen LogP contribution in [0.5, 0.6) is 0 Å². The topological polar surface area (TPSA) is 26.0 Å². The Bertz CT molecular complexity index is 586. The molecule has 1 aliphatic rings. The highest BCUT2D eigenvalue weighted by atomic mass is 19.3. The molecular weight excluding hydrogens is 244 g/mol. The van der Waals surface area contributed by atoms with Gasteiger partial charge in [0.15, 0.2) is 0 Å². The van der Waals surface area contributed by atoms with Crippen LogP contribution in [0.15, 0.2) is 48.5 Å². The Morgan fingerprint density at radius 2 is 1.63 bits per heavy atom. The number of alkyl halides is 2. The van der Waals surface area contributed by atoms with Crippen LogP contribution in [0.25, 0.3) is 11.1 Å². The zero-order chi connectivity index (χ0) is 13.5. The smallest absolute Gasteiger partial charge is 0.276 e. The van der Waals surface area contributed by atoms with Crippen molar-refractivity contribution in [2.45, 2.75) is 18.8 Å². The fourth-order valence-electron chi connectivity index (χ4n) is 2.28. The molecule has 3 heteroatoms. The third kappa shape index (κ3) is 2.33. The van der Waals surface area contributed by atoms with E-state index in [-0.39, 0.29) is 5.56 Å². The third-order valence-corrected chi connectivity index (χ3v) is 3.58. The zero-order valence-corrected chi connectivity index (χ0v) is 10.4. The van der Waals surface area contributed by atoms with E-state index in [1.165, 1.54) is 12.1 Å². The van der Waals surface area contributed by atoms with Crippen molar-refractivity contribution in [3.63, 3.8) is 0 Å². The van der Waals surface area contributed by atoms with Crippen molar-refractivity contribution in [1.82, 2.24) is 0 Å².